The quantitative estimate of drug-likeness (QED) is 0.848. The van der Waals surface area contributed by atoms with Gasteiger partial charge in [-0.15, -0.1) is 0 Å². The van der Waals surface area contributed by atoms with E-state index in [4.69, 9.17) is 4.74 Å². The van der Waals surface area contributed by atoms with Crippen molar-refractivity contribution in [2.45, 2.75) is 39.2 Å². The number of benzene rings is 1. The largest absolute Gasteiger partial charge is 0.496 e. The molecule has 0 aliphatic carbocycles. The van der Waals surface area contributed by atoms with Crippen LogP contribution >= 0.6 is 15.9 Å². The topological polar surface area (TPSA) is 29.5 Å². The van der Waals surface area contributed by atoms with Crippen molar-refractivity contribution in [1.29, 1.82) is 0 Å². The number of aliphatic hydroxyl groups is 1. The first-order valence-corrected chi connectivity index (χ1v) is 6.91. The van der Waals surface area contributed by atoms with Crippen molar-refractivity contribution in [2.24, 2.45) is 5.92 Å². The normalized spacial score (nSPS) is 14.4. The van der Waals surface area contributed by atoms with E-state index in [0.29, 0.717) is 0 Å². The second-order valence-corrected chi connectivity index (χ2v) is 5.31. The van der Waals surface area contributed by atoms with Gasteiger partial charge in [-0.05, 0) is 46.0 Å². The van der Waals surface area contributed by atoms with E-state index in [1.807, 2.05) is 18.2 Å². The summed E-state index contributed by atoms with van der Waals surface area (Å²) in [5.41, 5.74) is 0.946. The molecule has 2 nitrogen and oxygen atoms in total. The molecule has 0 aliphatic heterocycles. The number of methoxy groups -OCH3 is 1. The van der Waals surface area contributed by atoms with Gasteiger partial charge in [0.15, 0.2) is 0 Å². The number of aliphatic hydroxyl groups excluding tert-OH is 1. The smallest absolute Gasteiger partial charge is 0.133 e. The zero-order valence-electron chi connectivity index (χ0n) is 10.7. The van der Waals surface area contributed by atoms with Crippen LogP contribution in [0.15, 0.2) is 22.7 Å². The maximum Gasteiger partial charge on any atom is 0.133 e. The van der Waals surface area contributed by atoms with Gasteiger partial charge in [-0.2, -0.15) is 0 Å². The Bertz CT molecular complexity index is 352. The van der Waals surface area contributed by atoms with Crippen LogP contribution in [0.4, 0.5) is 0 Å². The Labute approximate surface area is 112 Å². The molecule has 2 unspecified atom stereocenters. The van der Waals surface area contributed by atoms with Crippen LogP contribution in [-0.4, -0.2) is 12.2 Å². The molecular weight excluding hydrogens is 280 g/mol. The summed E-state index contributed by atoms with van der Waals surface area (Å²) in [5, 5.41) is 10.2. The van der Waals surface area contributed by atoms with Gasteiger partial charge in [-0.25, -0.2) is 0 Å². The van der Waals surface area contributed by atoms with E-state index in [0.717, 1.165) is 28.6 Å². The molecule has 1 N–H and O–H groups in total. The number of rotatable bonds is 6. The first kappa shape index (κ1) is 14.5. The van der Waals surface area contributed by atoms with E-state index < -0.39 is 6.10 Å². The highest BCUT2D eigenvalue weighted by molar-refractivity contribution is 9.10. The molecule has 17 heavy (non-hydrogen) atoms. The lowest BCUT2D eigenvalue weighted by atomic mass is 9.93. The first-order chi connectivity index (χ1) is 8.10. The minimum absolute atomic E-state index is 0.287. The summed E-state index contributed by atoms with van der Waals surface area (Å²) in [6.45, 7) is 4.27. The van der Waals surface area contributed by atoms with Gasteiger partial charge in [0.05, 0.1) is 17.7 Å². The maximum absolute atomic E-state index is 10.2. The van der Waals surface area contributed by atoms with Gasteiger partial charge in [0, 0.05) is 0 Å². The Morgan fingerprint density at radius 3 is 2.65 bits per heavy atom. The number of hydrogen-bond donors (Lipinski definition) is 1. The van der Waals surface area contributed by atoms with Crippen molar-refractivity contribution in [3.05, 3.63) is 28.2 Å². The number of unbranched alkanes of at least 4 members (excludes halogenated alkanes) is 1. The summed E-state index contributed by atoms with van der Waals surface area (Å²) in [7, 11) is 1.64. The zero-order valence-corrected chi connectivity index (χ0v) is 12.3. The summed E-state index contributed by atoms with van der Waals surface area (Å²) in [5.74, 6) is 1.08. The Morgan fingerprint density at radius 1 is 1.41 bits per heavy atom. The Hall–Kier alpha value is -0.540. The second-order valence-electron chi connectivity index (χ2n) is 4.46. The summed E-state index contributed by atoms with van der Waals surface area (Å²) >= 11 is 3.44. The SMILES string of the molecule is CCCCC(C)C(O)c1ccc(OC)c(Br)c1. The van der Waals surface area contributed by atoms with E-state index in [-0.39, 0.29) is 5.92 Å². The Morgan fingerprint density at radius 2 is 2.12 bits per heavy atom. The molecule has 0 amide bonds. The Kier molecular flexibility index (Phi) is 6.00. The fourth-order valence-electron chi connectivity index (χ4n) is 1.88. The van der Waals surface area contributed by atoms with E-state index in [9.17, 15) is 5.11 Å². The minimum atomic E-state index is -0.399. The molecule has 0 aromatic heterocycles. The van der Waals surface area contributed by atoms with Crippen LogP contribution in [0, 0.1) is 5.92 Å². The molecule has 1 rings (SSSR count). The molecule has 0 saturated heterocycles. The fraction of sp³-hybridized carbons (Fsp3) is 0.571. The highest BCUT2D eigenvalue weighted by Gasteiger charge is 2.16. The second kappa shape index (κ2) is 7.02. The van der Waals surface area contributed by atoms with Crippen LogP contribution in [0.25, 0.3) is 0 Å². The summed E-state index contributed by atoms with van der Waals surface area (Å²) in [6, 6.07) is 5.75. The van der Waals surface area contributed by atoms with Crippen LogP contribution in [0.1, 0.15) is 44.8 Å². The molecular formula is C14H21BrO2. The Balaban J connectivity index is 2.74. The predicted molar refractivity (Wildman–Crippen MR) is 74.3 cm³/mol. The van der Waals surface area contributed by atoms with E-state index in [1.165, 1.54) is 6.42 Å². The average molecular weight is 301 g/mol. The van der Waals surface area contributed by atoms with E-state index in [1.54, 1.807) is 7.11 Å². The van der Waals surface area contributed by atoms with Gasteiger partial charge in [-0.3, -0.25) is 0 Å². The van der Waals surface area contributed by atoms with Gasteiger partial charge < -0.3 is 9.84 Å². The molecule has 0 fully saturated rings. The third kappa shape index (κ3) is 4.00. The lowest BCUT2D eigenvalue weighted by Gasteiger charge is -2.19. The standard InChI is InChI=1S/C14H21BrO2/c1-4-5-6-10(2)14(16)11-7-8-13(17-3)12(15)9-11/h7-10,14,16H,4-6H2,1-3H3. The fourth-order valence-corrected chi connectivity index (χ4v) is 2.44. The number of halogens is 1. The number of ether oxygens (including phenoxy) is 1. The third-order valence-corrected chi connectivity index (χ3v) is 3.69. The molecule has 0 saturated carbocycles. The molecule has 0 spiro atoms. The highest BCUT2D eigenvalue weighted by atomic mass is 79.9. The van der Waals surface area contributed by atoms with Gasteiger partial charge in [-0.1, -0.05) is 32.8 Å². The van der Waals surface area contributed by atoms with Gasteiger partial charge in [0.2, 0.25) is 0 Å². The molecule has 0 radical (unpaired) electrons. The van der Waals surface area contributed by atoms with Crippen molar-refractivity contribution in [2.75, 3.05) is 7.11 Å². The van der Waals surface area contributed by atoms with E-state index >= 15 is 0 Å². The molecule has 1 aromatic rings. The molecule has 0 heterocycles. The van der Waals surface area contributed by atoms with Crippen LogP contribution in [0.2, 0.25) is 0 Å². The highest BCUT2D eigenvalue weighted by Crippen LogP contribution is 2.32. The van der Waals surface area contributed by atoms with Crippen LogP contribution in [-0.2, 0) is 0 Å². The van der Waals surface area contributed by atoms with E-state index in [2.05, 4.69) is 29.8 Å². The number of hydrogen-bond acceptors (Lipinski definition) is 2. The predicted octanol–water partition coefficient (Wildman–Crippen LogP) is 4.32. The molecule has 0 aliphatic rings. The van der Waals surface area contributed by atoms with Crippen LogP contribution in [0.5, 0.6) is 5.75 Å². The maximum atomic E-state index is 10.2. The van der Waals surface area contributed by atoms with Gasteiger partial charge in [0.1, 0.15) is 5.75 Å². The van der Waals surface area contributed by atoms with Crippen molar-refractivity contribution in [1.82, 2.24) is 0 Å². The van der Waals surface area contributed by atoms with Crippen molar-refractivity contribution in [3.8, 4) is 5.75 Å². The monoisotopic (exact) mass is 300 g/mol. The lowest BCUT2D eigenvalue weighted by molar-refractivity contribution is 0.111. The molecule has 96 valence electrons. The summed E-state index contributed by atoms with van der Waals surface area (Å²) in [4.78, 5) is 0. The molecule has 2 atom stereocenters. The molecule has 3 heteroatoms. The van der Waals surface area contributed by atoms with Crippen LogP contribution in [0.3, 0.4) is 0 Å². The van der Waals surface area contributed by atoms with Crippen LogP contribution < -0.4 is 4.74 Å². The first-order valence-electron chi connectivity index (χ1n) is 6.11. The van der Waals surface area contributed by atoms with Crippen molar-refractivity contribution >= 4 is 15.9 Å². The molecule has 1 aromatic carbocycles. The summed E-state index contributed by atoms with van der Waals surface area (Å²) in [6.07, 6.45) is 2.99. The molecule has 0 bridgehead atoms. The zero-order chi connectivity index (χ0) is 12.8. The average Bonchev–Trinajstić information content (AvgIpc) is 2.34. The van der Waals surface area contributed by atoms with Crippen molar-refractivity contribution < 1.29 is 9.84 Å². The minimum Gasteiger partial charge on any atom is -0.496 e. The summed E-state index contributed by atoms with van der Waals surface area (Å²) < 4.78 is 6.06. The van der Waals surface area contributed by atoms with Gasteiger partial charge in [0.25, 0.3) is 0 Å². The van der Waals surface area contributed by atoms with Gasteiger partial charge >= 0.3 is 0 Å². The van der Waals surface area contributed by atoms with Crippen molar-refractivity contribution in [3.63, 3.8) is 0 Å². The lowest BCUT2D eigenvalue weighted by Crippen LogP contribution is -2.09. The third-order valence-electron chi connectivity index (χ3n) is 3.07.